The normalized spacial score (nSPS) is 33.2. The van der Waals surface area contributed by atoms with Crippen LogP contribution in [0.25, 0.3) is 0 Å². The molecule has 0 saturated carbocycles. The van der Waals surface area contributed by atoms with Crippen molar-refractivity contribution < 1.29 is 0 Å². The standard InChI is InChI=1S/C19H19N/c1-14-8-6-7-11-19(13-20)12-18(2,3)17(14)15-9-4-5-10-16(15)19/h4-11,17H,1,12H2,2-3H3/b8-6-,11-7-. The van der Waals surface area contributed by atoms with Crippen molar-refractivity contribution in [3.63, 3.8) is 0 Å². The van der Waals surface area contributed by atoms with Crippen LogP contribution in [0.4, 0.5) is 0 Å². The Morgan fingerprint density at radius 2 is 2.00 bits per heavy atom. The van der Waals surface area contributed by atoms with E-state index in [0.29, 0.717) is 0 Å². The van der Waals surface area contributed by atoms with Gasteiger partial charge in [-0.05, 0) is 28.5 Å². The first-order chi connectivity index (χ1) is 9.50. The lowest BCUT2D eigenvalue weighted by Crippen LogP contribution is -2.40. The number of hydrogen-bond acceptors (Lipinski definition) is 1. The van der Waals surface area contributed by atoms with Gasteiger partial charge < -0.3 is 0 Å². The molecule has 0 aliphatic heterocycles. The largest absolute Gasteiger partial charge is 0.197 e. The summed E-state index contributed by atoms with van der Waals surface area (Å²) in [6, 6.07) is 10.9. The number of hydrogen-bond donors (Lipinski definition) is 0. The van der Waals surface area contributed by atoms with Gasteiger partial charge in [0.25, 0.3) is 0 Å². The van der Waals surface area contributed by atoms with E-state index in [-0.39, 0.29) is 11.3 Å². The molecule has 0 radical (unpaired) electrons. The average Bonchev–Trinajstić information content (AvgIpc) is 2.50. The molecule has 0 aromatic heterocycles. The van der Waals surface area contributed by atoms with Crippen LogP contribution in [0.1, 0.15) is 37.3 Å². The smallest absolute Gasteiger partial charge is 0.101 e. The zero-order valence-electron chi connectivity index (χ0n) is 12.1. The molecule has 1 aromatic rings. The van der Waals surface area contributed by atoms with Crippen LogP contribution in [0.2, 0.25) is 0 Å². The van der Waals surface area contributed by atoms with Crippen molar-refractivity contribution in [2.75, 3.05) is 0 Å². The van der Waals surface area contributed by atoms with Crippen molar-refractivity contribution in [2.24, 2.45) is 5.41 Å². The molecule has 0 N–H and O–H groups in total. The molecule has 100 valence electrons. The lowest BCUT2D eigenvalue weighted by molar-refractivity contribution is 0.235. The quantitative estimate of drug-likeness (QED) is 0.667. The van der Waals surface area contributed by atoms with Gasteiger partial charge in [-0.3, -0.25) is 0 Å². The Kier molecular flexibility index (Phi) is 2.73. The van der Waals surface area contributed by atoms with Crippen LogP contribution in [0.3, 0.4) is 0 Å². The Balaban J connectivity index is 2.39. The minimum Gasteiger partial charge on any atom is -0.197 e. The van der Waals surface area contributed by atoms with E-state index in [9.17, 15) is 5.26 Å². The third kappa shape index (κ3) is 1.68. The van der Waals surface area contributed by atoms with E-state index in [1.54, 1.807) is 0 Å². The maximum atomic E-state index is 9.87. The van der Waals surface area contributed by atoms with Crippen LogP contribution in [0.15, 0.2) is 60.7 Å². The first-order valence-corrected chi connectivity index (χ1v) is 7.05. The highest BCUT2D eigenvalue weighted by molar-refractivity contribution is 5.54. The Morgan fingerprint density at radius 1 is 1.25 bits per heavy atom. The summed E-state index contributed by atoms with van der Waals surface area (Å²) in [5.74, 6) is 0.274. The summed E-state index contributed by atoms with van der Waals surface area (Å²) < 4.78 is 0. The second kappa shape index (κ2) is 4.21. The van der Waals surface area contributed by atoms with Gasteiger partial charge in [0.15, 0.2) is 0 Å². The molecule has 0 amide bonds. The number of allylic oxidation sites excluding steroid dienone is 5. The maximum Gasteiger partial charge on any atom is 0.101 e. The number of nitriles is 1. The van der Waals surface area contributed by atoms with E-state index >= 15 is 0 Å². The van der Waals surface area contributed by atoms with Gasteiger partial charge in [0, 0.05) is 5.92 Å². The molecule has 3 rings (SSSR count). The zero-order chi connectivity index (χ0) is 14.4. The fourth-order valence-corrected chi connectivity index (χ4v) is 3.97. The molecule has 0 spiro atoms. The van der Waals surface area contributed by atoms with Gasteiger partial charge in [-0.15, -0.1) is 0 Å². The van der Waals surface area contributed by atoms with Crippen LogP contribution in [0.5, 0.6) is 0 Å². The summed E-state index contributed by atoms with van der Waals surface area (Å²) >= 11 is 0. The molecule has 2 aliphatic rings. The van der Waals surface area contributed by atoms with Crippen LogP contribution >= 0.6 is 0 Å². The Labute approximate surface area is 120 Å². The number of nitrogens with zero attached hydrogens (tertiary/aromatic N) is 1. The van der Waals surface area contributed by atoms with Gasteiger partial charge in [-0.2, -0.15) is 5.26 Å². The van der Waals surface area contributed by atoms with E-state index < -0.39 is 5.41 Å². The fraction of sp³-hybridized carbons (Fsp3) is 0.316. The lowest BCUT2D eigenvalue weighted by atomic mass is 9.55. The highest BCUT2D eigenvalue weighted by Crippen LogP contribution is 2.56. The van der Waals surface area contributed by atoms with Crippen molar-refractivity contribution >= 4 is 0 Å². The summed E-state index contributed by atoms with van der Waals surface area (Å²) in [7, 11) is 0. The molecule has 20 heavy (non-hydrogen) atoms. The molecule has 2 bridgehead atoms. The minimum atomic E-state index is -0.522. The molecule has 2 atom stereocenters. The predicted molar refractivity (Wildman–Crippen MR) is 82.3 cm³/mol. The molecular weight excluding hydrogens is 242 g/mol. The second-order valence-corrected chi connectivity index (χ2v) is 6.56. The van der Waals surface area contributed by atoms with Crippen molar-refractivity contribution in [1.82, 2.24) is 0 Å². The van der Waals surface area contributed by atoms with Crippen LogP contribution in [-0.4, -0.2) is 0 Å². The average molecular weight is 261 g/mol. The van der Waals surface area contributed by atoms with Gasteiger partial charge in [0.05, 0.1) is 6.07 Å². The maximum absolute atomic E-state index is 9.87. The van der Waals surface area contributed by atoms with Crippen LogP contribution < -0.4 is 0 Å². The van der Waals surface area contributed by atoms with E-state index in [2.05, 4.69) is 56.8 Å². The van der Waals surface area contributed by atoms with Gasteiger partial charge in [-0.25, -0.2) is 0 Å². The molecule has 1 nitrogen and oxygen atoms in total. The predicted octanol–water partition coefficient (Wildman–Crippen LogP) is 4.64. The van der Waals surface area contributed by atoms with Crippen molar-refractivity contribution in [3.8, 4) is 6.07 Å². The molecule has 2 aliphatic carbocycles. The molecule has 1 aromatic carbocycles. The van der Waals surface area contributed by atoms with Crippen molar-refractivity contribution in [1.29, 1.82) is 5.26 Å². The SMILES string of the molecule is C=C1/C=C\C=C/C2(C#N)CC(C)(C)C1c1ccccc12. The first-order valence-electron chi connectivity index (χ1n) is 7.05. The van der Waals surface area contributed by atoms with E-state index in [1.165, 1.54) is 5.56 Å². The molecule has 2 unspecified atom stereocenters. The van der Waals surface area contributed by atoms with Crippen LogP contribution in [-0.2, 0) is 5.41 Å². The molecule has 0 fully saturated rings. The van der Waals surface area contributed by atoms with Crippen molar-refractivity contribution in [2.45, 2.75) is 31.6 Å². The number of rotatable bonds is 0. The van der Waals surface area contributed by atoms with E-state index in [1.807, 2.05) is 18.2 Å². The van der Waals surface area contributed by atoms with Gasteiger partial charge >= 0.3 is 0 Å². The van der Waals surface area contributed by atoms with Gasteiger partial charge in [-0.1, -0.05) is 69.0 Å². The summed E-state index contributed by atoms with van der Waals surface area (Å²) in [6.45, 7) is 8.77. The minimum absolute atomic E-state index is 0.0141. The van der Waals surface area contributed by atoms with E-state index in [4.69, 9.17) is 0 Å². The summed E-state index contributed by atoms with van der Waals surface area (Å²) in [5.41, 5.74) is 3.02. The van der Waals surface area contributed by atoms with Gasteiger partial charge in [0.1, 0.15) is 5.41 Å². The molecular formula is C19H19N. The summed E-state index contributed by atoms with van der Waals surface area (Å²) in [4.78, 5) is 0. The second-order valence-electron chi connectivity index (χ2n) is 6.56. The third-order valence-corrected chi connectivity index (χ3v) is 4.64. The Bertz CT molecular complexity index is 669. The third-order valence-electron chi connectivity index (χ3n) is 4.64. The van der Waals surface area contributed by atoms with E-state index in [0.717, 1.165) is 17.6 Å². The highest BCUT2D eigenvalue weighted by Gasteiger charge is 2.48. The summed E-state index contributed by atoms with van der Waals surface area (Å²) in [6.07, 6.45) is 8.97. The number of benzene rings is 1. The Morgan fingerprint density at radius 3 is 2.75 bits per heavy atom. The topological polar surface area (TPSA) is 23.8 Å². The summed E-state index contributed by atoms with van der Waals surface area (Å²) in [5, 5.41) is 9.87. The van der Waals surface area contributed by atoms with Gasteiger partial charge in [0.2, 0.25) is 0 Å². The monoisotopic (exact) mass is 261 g/mol. The lowest BCUT2D eigenvalue weighted by Gasteiger charge is -2.46. The highest BCUT2D eigenvalue weighted by atomic mass is 14.5. The van der Waals surface area contributed by atoms with Crippen LogP contribution in [0, 0.1) is 16.7 Å². The fourth-order valence-electron chi connectivity index (χ4n) is 3.97. The molecule has 1 heteroatoms. The van der Waals surface area contributed by atoms with Crippen molar-refractivity contribution in [3.05, 3.63) is 71.8 Å². The Hall–Kier alpha value is -2.07. The molecule has 0 heterocycles. The molecule has 0 saturated heterocycles. The zero-order valence-corrected chi connectivity index (χ0v) is 12.1. The number of fused-ring (bicyclic) bond motifs is 6. The first kappa shape index (κ1) is 12.9.